The third-order valence-electron chi connectivity index (χ3n) is 4.34. The van der Waals surface area contributed by atoms with Crippen LogP contribution >= 0.6 is 0 Å². The molecule has 0 spiro atoms. The summed E-state index contributed by atoms with van der Waals surface area (Å²) in [5.41, 5.74) is 2.87. The van der Waals surface area contributed by atoms with Gasteiger partial charge in [0.1, 0.15) is 5.82 Å². The van der Waals surface area contributed by atoms with Crippen molar-refractivity contribution in [1.82, 2.24) is 19.9 Å². The monoisotopic (exact) mass is 300 g/mol. The summed E-state index contributed by atoms with van der Waals surface area (Å²) in [6.07, 6.45) is 0. The number of fused-ring (bicyclic) bond motifs is 1. The van der Waals surface area contributed by atoms with Crippen LogP contribution in [0.25, 0.3) is 11.0 Å². The van der Waals surface area contributed by atoms with E-state index in [1.807, 2.05) is 14.0 Å². The standard InChI is InChI=1S/C16H24N6/c1-9-6-11(3)18-15-13(9)14(17-4)20-16(21-15)19-12-8-22(5)7-10(12)2/h6,10,12H,7-8H2,1-5H3,(H2,17,18,19,20,21)/t10-,12-/m0/s1. The molecule has 0 radical (unpaired) electrons. The summed E-state index contributed by atoms with van der Waals surface area (Å²) in [5, 5.41) is 7.65. The van der Waals surface area contributed by atoms with Gasteiger partial charge in [-0.3, -0.25) is 0 Å². The molecular weight excluding hydrogens is 276 g/mol. The molecule has 1 saturated heterocycles. The van der Waals surface area contributed by atoms with Gasteiger partial charge in [-0.2, -0.15) is 9.97 Å². The highest BCUT2D eigenvalue weighted by Gasteiger charge is 2.28. The van der Waals surface area contributed by atoms with Crippen molar-refractivity contribution in [2.75, 3.05) is 37.8 Å². The quantitative estimate of drug-likeness (QED) is 0.904. The van der Waals surface area contributed by atoms with Crippen LogP contribution < -0.4 is 10.6 Å². The van der Waals surface area contributed by atoms with Crippen LogP contribution in [0.2, 0.25) is 0 Å². The molecular formula is C16H24N6. The number of aryl methyl sites for hydroxylation is 2. The van der Waals surface area contributed by atoms with Gasteiger partial charge in [-0.25, -0.2) is 4.98 Å². The number of anilines is 2. The SMILES string of the molecule is CNc1nc(N[C@H]2CN(C)C[C@@H]2C)nc2nc(C)cc(C)c12. The van der Waals surface area contributed by atoms with E-state index in [0.29, 0.717) is 17.9 Å². The first kappa shape index (κ1) is 15.0. The number of pyridine rings is 1. The predicted octanol–water partition coefficient (Wildman–Crippen LogP) is 2.05. The number of rotatable bonds is 3. The Hall–Kier alpha value is -1.95. The van der Waals surface area contributed by atoms with E-state index in [2.05, 4.69) is 57.4 Å². The molecule has 1 fully saturated rings. The lowest BCUT2D eigenvalue weighted by molar-refractivity contribution is 0.401. The number of hydrogen-bond donors (Lipinski definition) is 2. The van der Waals surface area contributed by atoms with Crippen LogP contribution in [-0.4, -0.2) is 53.1 Å². The first-order valence-corrected chi connectivity index (χ1v) is 7.76. The van der Waals surface area contributed by atoms with Crippen molar-refractivity contribution in [2.24, 2.45) is 5.92 Å². The number of nitrogens with zero attached hydrogens (tertiary/aromatic N) is 4. The molecule has 0 amide bonds. The fraction of sp³-hybridized carbons (Fsp3) is 0.562. The molecule has 22 heavy (non-hydrogen) atoms. The van der Waals surface area contributed by atoms with Crippen molar-refractivity contribution in [2.45, 2.75) is 26.8 Å². The average Bonchev–Trinajstić information content (AvgIpc) is 2.75. The zero-order valence-corrected chi connectivity index (χ0v) is 13.9. The van der Waals surface area contributed by atoms with Gasteiger partial charge in [-0.05, 0) is 38.4 Å². The van der Waals surface area contributed by atoms with Crippen molar-refractivity contribution in [3.05, 3.63) is 17.3 Å². The first-order chi connectivity index (χ1) is 10.5. The van der Waals surface area contributed by atoms with Crippen molar-refractivity contribution < 1.29 is 0 Å². The van der Waals surface area contributed by atoms with Crippen LogP contribution in [0.1, 0.15) is 18.2 Å². The fourth-order valence-electron chi connectivity index (χ4n) is 3.29. The van der Waals surface area contributed by atoms with Crippen molar-refractivity contribution >= 4 is 22.8 Å². The van der Waals surface area contributed by atoms with Crippen LogP contribution in [-0.2, 0) is 0 Å². The van der Waals surface area contributed by atoms with Gasteiger partial charge in [0, 0.05) is 31.9 Å². The van der Waals surface area contributed by atoms with E-state index in [1.54, 1.807) is 0 Å². The third-order valence-corrected chi connectivity index (χ3v) is 4.34. The largest absolute Gasteiger partial charge is 0.372 e. The van der Waals surface area contributed by atoms with Crippen molar-refractivity contribution in [3.8, 4) is 0 Å². The van der Waals surface area contributed by atoms with Gasteiger partial charge in [0.15, 0.2) is 5.65 Å². The number of aromatic nitrogens is 3. The van der Waals surface area contributed by atoms with E-state index in [4.69, 9.17) is 0 Å². The Morgan fingerprint density at radius 2 is 1.95 bits per heavy atom. The highest BCUT2D eigenvalue weighted by Crippen LogP contribution is 2.26. The highest BCUT2D eigenvalue weighted by molar-refractivity contribution is 5.90. The normalized spacial score (nSPS) is 22.2. The maximum absolute atomic E-state index is 4.64. The molecule has 118 valence electrons. The number of nitrogens with one attached hydrogen (secondary N) is 2. The molecule has 2 aromatic rings. The zero-order chi connectivity index (χ0) is 15.9. The van der Waals surface area contributed by atoms with Gasteiger partial charge in [0.25, 0.3) is 0 Å². The Morgan fingerprint density at radius 3 is 2.59 bits per heavy atom. The molecule has 1 aliphatic heterocycles. The summed E-state index contributed by atoms with van der Waals surface area (Å²) < 4.78 is 0. The topological polar surface area (TPSA) is 66.0 Å². The molecule has 2 N–H and O–H groups in total. The van der Waals surface area contributed by atoms with Crippen LogP contribution in [0, 0.1) is 19.8 Å². The van der Waals surface area contributed by atoms with Gasteiger partial charge in [0.2, 0.25) is 5.95 Å². The van der Waals surface area contributed by atoms with E-state index in [9.17, 15) is 0 Å². The van der Waals surface area contributed by atoms with E-state index in [1.165, 1.54) is 0 Å². The van der Waals surface area contributed by atoms with Gasteiger partial charge in [0.05, 0.1) is 5.39 Å². The Balaban J connectivity index is 2.00. The van der Waals surface area contributed by atoms with Crippen LogP contribution in [0.5, 0.6) is 0 Å². The zero-order valence-electron chi connectivity index (χ0n) is 13.9. The second kappa shape index (κ2) is 5.68. The summed E-state index contributed by atoms with van der Waals surface area (Å²) >= 11 is 0. The molecule has 6 nitrogen and oxygen atoms in total. The van der Waals surface area contributed by atoms with E-state index < -0.39 is 0 Å². The lowest BCUT2D eigenvalue weighted by Gasteiger charge is -2.18. The molecule has 0 bridgehead atoms. The molecule has 3 rings (SSSR count). The smallest absolute Gasteiger partial charge is 0.227 e. The fourth-order valence-corrected chi connectivity index (χ4v) is 3.29. The second-order valence-corrected chi connectivity index (χ2v) is 6.37. The molecule has 0 saturated carbocycles. The van der Waals surface area contributed by atoms with Crippen molar-refractivity contribution in [3.63, 3.8) is 0 Å². The van der Waals surface area contributed by atoms with E-state index in [-0.39, 0.29) is 0 Å². The maximum Gasteiger partial charge on any atom is 0.227 e. The van der Waals surface area contributed by atoms with Gasteiger partial charge in [-0.1, -0.05) is 6.92 Å². The molecule has 1 aliphatic rings. The maximum atomic E-state index is 4.64. The number of likely N-dealkylation sites (N-methyl/N-ethyl adjacent to an activating group) is 1. The summed E-state index contributed by atoms with van der Waals surface area (Å²) in [5.74, 6) is 2.06. The summed E-state index contributed by atoms with van der Waals surface area (Å²) in [6, 6.07) is 2.44. The lowest BCUT2D eigenvalue weighted by Crippen LogP contribution is -2.28. The van der Waals surface area contributed by atoms with Crippen molar-refractivity contribution in [1.29, 1.82) is 0 Å². The second-order valence-electron chi connectivity index (χ2n) is 6.37. The summed E-state index contributed by atoms with van der Waals surface area (Å²) in [7, 11) is 4.03. The minimum Gasteiger partial charge on any atom is -0.372 e. The average molecular weight is 300 g/mol. The van der Waals surface area contributed by atoms with E-state index >= 15 is 0 Å². The predicted molar refractivity (Wildman–Crippen MR) is 90.4 cm³/mol. The molecule has 3 heterocycles. The van der Waals surface area contributed by atoms with Crippen LogP contribution in [0.15, 0.2) is 6.07 Å². The lowest BCUT2D eigenvalue weighted by atomic mass is 10.1. The summed E-state index contributed by atoms with van der Waals surface area (Å²) in [4.78, 5) is 16.2. The molecule has 2 atom stereocenters. The molecule has 0 unspecified atom stereocenters. The first-order valence-electron chi connectivity index (χ1n) is 7.76. The van der Waals surface area contributed by atoms with E-state index in [0.717, 1.165) is 41.2 Å². The summed E-state index contributed by atoms with van der Waals surface area (Å²) in [6.45, 7) is 8.43. The number of hydrogen-bond acceptors (Lipinski definition) is 6. The Kier molecular flexibility index (Phi) is 3.87. The van der Waals surface area contributed by atoms with Gasteiger partial charge < -0.3 is 15.5 Å². The number of likely N-dealkylation sites (tertiary alicyclic amines) is 1. The Morgan fingerprint density at radius 1 is 1.18 bits per heavy atom. The van der Waals surface area contributed by atoms with Crippen LogP contribution in [0.3, 0.4) is 0 Å². The molecule has 6 heteroatoms. The minimum absolute atomic E-state index is 0.373. The van der Waals surface area contributed by atoms with Gasteiger partial charge >= 0.3 is 0 Å². The van der Waals surface area contributed by atoms with Crippen LogP contribution in [0.4, 0.5) is 11.8 Å². The Bertz CT molecular complexity index is 699. The molecule has 2 aromatic heterocycles. The Labute approximate surface area is 131 Å². The molecule has 0 aliphatic carbocycles. The highest BCUT2D eigenvalue weighted by atomic mass is 15.2. The molecule has 0 aromatic carbocycles. The minimum atomic E-state index is 0.373. The third kappa shape index (κ3) is 2.70. The van der Waals surface area contributed by atoms with Gasteiger partial charge in [-0.15, -0.1) is 0 Å².